The van der Waals surface area contributed by atoms with Crippen molar-refractivity contribution in [2.24, 2.45) is 0 Å². The smallest absolute Gasteiger partial charge is 0.104 e. The van der Waals surface area contributed by atoms with Crippen LogP contribution < -0.4 is 0 Å². The lowest BCUT2D eigenvalue weighted by molar-refractivity contribution is 1.09. The van der Waals surface area contributed by atoms with Gasteiger partial charge < -0.3 is 13.7 Å². The number of fused-ring (bicyclic) bond motifs is 12. The van der Waals surface area contributed by atoms with Gasteiger partial charge in [0.15, 0.2) is 0 Å². The fourth-order valence-electron chi connectivity index (χ4n) is 14.3. The third-order valence-electron chi connectivity index (χ3n) is 18.5. The normalized spacial score (nSPS) is 11.8. The topological polar surface area (TPSA) is 38.6 Å². The van der Waals surface area contributed by atoms with E-state index in [9.17, 15) is 5.26 Å². The molecule has 90 heavy (non-hydrogen) atoms. The number of aromatic nitrogens is 3. The molecule has 0 radical (unpaired) electrons. The molecule has 5 heteroatoms. The van der Waals surface area contributed by atoms with Crippen molar-refractivity contribution < 1.29 is 0 Å². The highest BCUT2D eigenvalue weighted by atomic mass is 32.1. The molecule has 18 rings (SSSR count). The maximum atomic E-state index is 13.0. The molecular formula is C85H52N4S. The van der Waals surface area contributed by atoms with Crippen LogP contribution in [0.25, 0.3) is 169 Å². The van der Waals surface area contributed by atoms with Crippen LogP contribution >= 0.6 is 11.3 Å². The van der Waals surface area contributed by atoms with E-state index in [-0.39, 0.29) is 0 Å². The van der Waals surface area contributed by atoms with E-state index in [1.807, 2.05) is 11.3 Å². The quantitative estimate of drug-likeness (QED) is 0.142. The molecule has 0 N–H and O–H groups in total. The summed E-state index contributed by atoms with van der Waals surface area (Å²) in [7, 11) is 0. The number of benzene rings is 14. The summed E-state index contributed by atoms with van der Waals surface area (Å²) in [5.41, 5.74) is 22.9. The average molecular weight is 1160 g/mol. The maximum Gasteiger partial charge on any atom is 0.104 e. The Morgan fingerprint density at radius 3 is 0.778 bits per heavy atom. The zero-order valence-electron chi connectivity index (χ0n) is 48.7. The second-order valence-corrected chi connectivity index (χ2v) is 24.5. The van der Waals surface area contributed by atoms with Gasteiger partial charge in [0.05, 0.1) is 54.9 Å². The summed E-state index contributed by atoms with van der Waals surface area (Å²) in [4.78, 5) is 0. The van der Waals surface area contributed by atoms with Gasteiger partial charge in [-0.3, -0.25) is 0 Å². The molecule has 4 aromatic heterocycles. The Hall–Kier alpha value is -11.8. The molecule has 0 fully saturated rings. The van der Waals surface area contributed by atoms with Gasteiger partial charge in [-0.05, 0) is 146 Å². The van der Waals surface area contributed by atoms with E-state index >= 15 is 0 Å². The van der Waals surface area contributed by atoms with Gasteiger partial charge in [-0.1, -0.05) is 237 Å². The van der Waals surface area contributed by atoms with Crippen molar-refractivity contribution in [1.82, 2.24) is 13.7 Å². The fourth-order valence-corrected chi connectivity index (χ4v) is 15.6. The molecule has 418 valence electrons. The summed E-state index contributed by atoms with van der Waals surface area (Å²) in [6.45, 7) is 0. The Morgan fingerprint density at radius 2 is 0.489 bits per heavy atom. The highest BCUT2D eigenvalue weighted by Gasteiger charge is 2.32. The molecule has 0 spiro atoms. The first-order valence-electron chi connectivity index (χ1n) is 30.6. The van der Waals surface area contributed by atoms with Gasteiger partial charge in [-0.2, -0.15) is 5.26 Å². The zero-order chi connectivity index (χ0) is 59.4. The van der Waals surface area contributed by atoms with E-state index in [4.69, 9.17) is 0 Å². The van der Waals surface area contributed by atoms with E-state index in [1.54, 1.807) is 0 Å². The fraction of sp³-hybridized carbons (Fsp3) is 0. The molecule has 0 saturated heterocycles. The molecule has 14 aromatic carbocycles. The van der Waals surface area contributed by atoms with Gasteiger partial charge in [0.1, 0.15) is 11.6 Å². The van der Waals surface area contributed by atoms with Crippen LogP contribution in [0.2, 0.25) is 0 Å². The standard InChI is InChI=1S/C85H52N4S/c86-53-73-82(87-74-41-35-60(54-21-7-1-8-22-54)47-67(74)68-48-61(36-42-75(68)87)55-23-9-2-10-24-55)81-66-33-19-20-34-80(66)90-85(81)84(89-78-45-39-64(58-29-15-5-16-30-58)51-71(78)72-52-65(40-46-79(72)89)59-31-17-6-18-32-59)83(73)88-76-43-37-62(56-25-11-3-12-26-56)49-69(76)70-50-63(38-44-77(70)88)57-27-13-4-14-28-57/h1-52H. The lowest BCUT2D eigenvalue weighted by atomic mass is 10.00. The molecule has 0 bridgehead atoms. The molecule has 0 saturated carbocycles. The number of nitrogens with zero attached hydrogens (tertiary/aromatic N) is 4. The number of hydrogen-bond donors (Lipinski definition) is 0. The van der Waals surface area contributed by atoms with Gasteiger partial charge >= 0.3 is 0 Å². The first-order valence-corrected chi connectivity index (χ1v) is 31.4. The van der Waals surface area contributed by atoms with Crippen molar-refractivity contribution in [3.63, 3.8) is 0 Å². The lowest BCUT2D eigenvalue weighted by Crippen LogP contribution is -2.10. The Kier molecular flexibility index (Phi) is 11.8. The predicted octanol–water partition coefficient (Wildman–Crippen LogP) is 23.2. The average Bonchev–Trinajstić information content (AvgIpc) is 1.51. The third kappa shape index (κ3) is 8.06. The van der Waals surface area contributed by atoms with Crippen molar-refractivity contribution in [1.29, 1.82) is 5.26 Å². The Labute approximate surface area is 523 Å². The molecule has 0 aliphatic rings. The van der Waals surface area contributed by atoms with Gasteiger partial charge in [-0.25, -0.2) is 0 Å². The van der Waals surface area contributed by atoms with Crippen molar-refractivity contribution in [3.05, 3.63) is 321 Å². The highest BCUT2D eigenvalue weighted by molar-refractivity contribution is 7.26. The van der Waals surface area contributed by atoms with Crippen molar-refractivity contribution >= 4 is 96.9 Å². The minimum atomic E-state index is 0.564. The van der Waals surface area contributed by atoms with Crippen LogP contribution in [0.5, 0.6) is 0 Å². The van der Waals surface area contributed by atoms with Crippen molar-refractivity contribution in [2.45, 2.75) is 0 Å². The lowest BCUT2D eigenvalue weighted by Gasteiger charge is -2.23. The molecule has 0 amide bonds. The van der Waals surface area contributed by atoms with Crippen molar-refractivity contribution in [3.8, 4) is 89.9 Å². The van der Waals surface area contributed by atoms with Crippen LogP contribution in [0, 0.1) is 11.3 Å². The number of rotatable bonds is 9. The van der Waals surface area contributed by atoms with Gasteiger partial charge in [0.25, 0.3) is 0 Å². The second kappa shape index (κ2) is 20.7. The minimum Gasteiger partial charge on any atom is -0.307 e. The van der Waals surface area contributed by atoms with Crippen LogP contribution in [-0.4, -0.2) is 13.7 Å². The summed E-state index contributed by atoms with van der Waals surface area (Å²) in [6, 6.07) is 118. The molecule has 0 atom stereocenters. The van der Waals surface area contributed by atoms with Gasteiger partial charge in [0.2, 0.25) is 0 Å². The highest BCUT2D eigenvalue weighted by Crippen LogP contribution is 2.52. The molecule has 4 nitrogen and oxygen atoms in total. The maximum absolute atomic E-state index is 13.0. The molecular weight excluding hydrogens is 1110 g/mol. The predicted molar refractivity (Wildman–Crippen MR) is 380 cm³/mol. The summed E-state index contributed by atoms with van der Waals surface area (Å²) in [5, 5.41) is 21.8. The second-order valence-electron chi connectivity index (χ2n) is 23.4. The molecule has 18 aromatic rings. The summed E-state index contributed by atoms with van der Waals surface area (Å²) in [6.07, 6.45) is 0. The largest absolute Gasteiger partial charge is 0.307 e. The first-order chi connectivity index (χ1) is 44.6. The van der Waals surface area contributed by atoms with Crippen LogP contribution in [0.4, 0.5) is 0 Å². The summed E-state index contributed by atoms with van der Waals surface area (Å²) in [5.74, 6) is 0. The van der Waals surface area contributed by atoms with Crippen LogP contribution in [0.3, 0.4) is 0 Å². The number of hydrogen-bond acceptors (Lipinski definition) is 2. The summed E-state index contributed by atoms with van der Waals surface area (Å²) < 4.78 is 9.59. The van der Waals surface area contributed by atoms with Gasteiger partial charge in [-0.15, -0.1) is 11.3 Å². The molecule has 0 aliphatic carbocycles. The van der Waals surface area contributed by atoms with Crippen LogP contribution in [-0.2, 0) is 0 Å². The van der Waals surface area contributed by atoms with E-state index in [1.165, 1.54) is 0 Å². The molecule has 4 heterocycles. The third-order valence-corrected chi connectivity index (χ3v) is 19.6. The monoisotopic (exact) mass is 1160 g/mol. The minimum absolute atomic E-state index is 0.564. The van der Waals surface area contributed by atoms with E-state index in [2.05, 4.69) is 335 Å². The van der Waals surface area contributed by atoms with Crippen molar-refractivity contribution in [2.75, 3.05) is 0 Å². The Bertz CT molecular complexity index is 5640. The number of nitriles is 1. The number of thiophene rings is 1. The first kappa shape index (κ1) is 51.4. The van der Waals surface area contributed by atoms with E-state index in [0.29, 0.717) is 5.56 Å². The molecule has 0 unspecified atom stereocenters. The van der Waals surface area contributed by atoms with Gasteiger partial charge in [0, 0.05) is 47.8 Å². The SMILES string of the molecule is N#Cc1c(-n2c3ccc(-c4ccccc4)cc3c3cc(-c4ccccc4)ccc32)c(-n2c3ccc(-c4ccccc4)cc3c3cc(-c4ccccc4)ccc32)c2sc3ccccc3c2c1-n1c2ccc(-c3ccccc3)cc2c2cc(-c3ccccc3)ccc21. The van der Waals surface area contributed by atoms with Crippen LogP contribution in [0.1, 0.15) is 5.56 Å². The Morgan fingerprint density at radius 1 is 0.233 bits per heavy atom. The van der Waals surface area contributed by atoms with E-state index in [0.717, 1.165) is 169 Å². The zero-order valence-corrected chi connectivity index (χ0v) is 49.5. The Balaban J connectivity index is 1.05. The summed E-state index contributed by atoms with van der Waals surface area (Å²) >= 11 is 1.81. The molecule has 0 aliphatic heterocycles. The van der Waals surface area contributed by atoms with Crippen LogP contribution in [0.15, 0.2) is 315 Å². The van der Waals surface area contributed by atoms with E-state index < -0.39 is 0 Å².